The third kappa shape index (κ3) is 5.08. The van der Waals surface area contributed by atoms with Crippen molar-refractivity contribution in [2.45, 2.75) is 30.6 Å². The van der Waals surface area contributed by atoms with Gasteiger partial charge >= 0.3 is 0 Å². The number of hydrogen-bond acceptors (Lipinski definition) is 8. The van der Waals surface area contributed by atoms with Crippen LogP contribution in [0.15, 0.2) is 41.6 Å². The number of sulfonamides is 1. The maximum absolute atomic E-state index is 12.3. The highest BCUT2D eigenvalue weighted by atomic mass is 32.2. The normalized spacial score (nSPS) is 11.8. The van der Waals surface area contributed by atoms with E-state index in [1.165, 1.54) is 35.8 Å². The van der Waals surface area contributed by atoms with Crippen molar-refractivity contribution in [3.8, 4) is 0 Å². The molecule has 0 saturated heterocycles. The lowest BCUT2D eigenvalue weighted by Gasteiger charge is -2.16. The van der Waals surface area contributed by atoms with Gasteiger partial charge in [0.1, 0.15) is 0 Å². The van der Waals surface area contributed by atoms with E-state index in [0.29, 0.717) is 6.42 Å². The molecular weight excluding hydrogens is 416 g/mol. The molecule has 3 rings (SSSR count). The Balaban J connectivity index is 1.39. The highest BCUT2D eigenvalue weighted by Crippen LogP contribution is 2.22. The molecule has 10 nitrogen and oxygen atoms in total. The summed E-state index contributed by atoms with van der Waals surface area (Å²) in [6.45, 7) is 1.07. The second-order valence-corrected chi connectivity index (χ2v) is 8.99. The number of rotatable bonds is 11. The van der Waals surface area contributed by atoms with Crippen LogP contribution in [0.4, 0.5) is 11.6 Å². The van der Waals surface area contributed by atoms with Gasteiger partial charge in [0.2, 0.25) is 20.9 Å². The number of nitro benzene ring substituents is 1. The second-order valence-electron chi connectivity index (χ2n) is 6.52. The Kier molecular flexibility index (Phi) is 6.77. The SMILES string of the molecule is CN(CCCCCCNS(=O)(=O)c1ccccc1[N+](=O)[O-])c1nsc2nccn12. The summed E-state index contributed by atoms with van der Waals surface area (Å²) >= 11 is 1.36. The summed E-state index contributed by atoms with van der Waals surface area (Å²) in [5, 5.41) is 11.0. The zero-order valence-corrected chi connectivity index (χ0v) is 17.5. The van der Waals surface area contributed by atoms with E-state index in [0.717, 1.165) is 36.7 Å². The molecule has 0 saturated carbocycles. The van der Waals surface area contributed by atoms with Crippen molar-refractivity contribution in [2.75, 3.05) is 25.0 Å². The fourth-order valence-electron chi connectivity index (χ4n) is 2.94. The average molecular weight is 439 g/mol. The number of aromatic nitrogens is 3. The predicted molar refractivity (Wildman–Crippen MR) is 111 cm³/mol. The third-order valence-corrected chi connectivity index (χ3v) is 6.66. The molecular formula is C17H22N6O4S2. The number of anilines is 1. The minimum absolute atomic E-state index is 0.242. The van der Waals surface area contributed by atoms with Gasteiger partial charge in [-0.05, 0) is 18.9 Å². The van der Waals surface area contributed by atoms with Gasteiger partial charge in [-0.25, -0.2) is 18.1 Å². The van der Waals surface area contributed by atoms with Crippen molar-refractivity contribution in [1.29, 1.82) is 0 Å². The van der Waals surface area contributed by atoms with E-state index in [1.54, 1.807) is 6.20 Å². The summed E-state index contributed by atoms with van der Waals surface area (Å²) in [5.74, 6) is 0.861. The van der Waals surface area contributed by atoms with E-state index in [1.807, 2.05) is 17.6 Å². The molecule has 2 aromatic heterocycles. The highest BCUT2D eigenvalue weighted by molar-refractivity contribution is 7.89. The van der Waals surface area contributed by atoms with Gasteiger partial charge < -0.3 is 4.90 Å². The fraction of sp³-hybridized carbons (Fsp3) is 0.412. The lowest BCUT2D eigenvalue weighted by atomic mass is 10.2. The molecule has 0 radical (unpaired) electrons. The van der Waals surface area contributed by atoms with Crippen LogP contribution in [0, 0.1) is 10.1 Å². The van der Waals surface area contributed by atoms with E-state index in [9.17, 15) is 18.5 Å². The van der Waals surface area contributed by atoms with Gasteiger partial charge in [-0.1, -0.05) is 25.0 Å². The standard InChI is InChI=1S/C17H22N6O4S2/c1-21(16-20-28-17-18-11-13-22(16)17)12-7-3-2-6-10-19-29(26,27)15-9-5-4-8-14(15)23(24)25/h4-5,8-9,11,13,19H,2-3,6-7,10,12H2,1H3. The van der Waals surface area contributed by atoms with Gasteiger partial charge in [-0.15, -0.1) is 0 Å². The molecule has 0 aliphatic heterocycles. The van der Waals surface area contributed by atoms with Crippen LogP contribution in [-0.2, 0) is 10.0 Å². The monoisotopic (exact) mass is 438 g/mol. The Hall–Kier alpha value is -2.57. The van der Waals surface area contributed by atoms with Crippen LogP contribution in [0.1, 0.15) is 25.7 Å². The van der Waals surface area contributed by atoms with Gasteiger partial charge in [-0.2, -0.15) is 4.37 Å². The van der Waals surface area contributed by atoms with Crippen molar-refractivity contribution in [1.82, 2.24) is 18.5 Å². The Morgan fingerprint density at radius 1 is 1.24 bits per heavy atom. The summed E-state index contributed by atoms with van der Waals surface area (Å²) in [7, 11) is -1.92. The quantitative estimate of drug-likeness (QED) is 0.277. The zero-order chi connectivity index (χ0) is 20.9. The minimum Gasteiger partial charge on any atom is -0.344 e. The molecule has 1 N–H and O–H groups in total. The summed E-state index contributed by atoms with van der Waals surface area (Å²) < 4.78 is 33.4. The van der Waals surface area contributed by atoms with E-state index in [-0.39, 0.29) is 11.4 Å². The smallest absolute Gasteiger partial charge is 0.289 e. The second kappa shape index (κ2) is 9.29. The maximum Gasteiger partial charge on any atom is 0.289 e. The van der Waals surface area contributed by atoms with Crippen molar-refractivity contribution >= 4 is 38.2 Å². The first-order valence-corrected chi connectivity index (χ1v) is 11.4. The summed E-state index contributed by atoms with van der Waals surface area (Å²) in [6, 6.07) is 5.34. The van der Waals surface area contributed by atoms with Crippen molar-refractivity contribution < 1.29 is 13.3 Å². The van der Waals surface area contributed by atoms with Gasteiger partial charge in [0.15, 0.2) is 4.90 Å². The molecule has 0 amide bonds. The van der Waals surface area contributed by atoms with E-state index >= 15 is 0 Å². The summed E-state index contributed by atoms with van der Waals surface area (Å²) in [5.41, 5.74) is -0.419. The first kappa shape index (κ1) is 21.1. The number of nitrogens with zero attached hydrogens (tertiary/aromatic N) is 5. The highest BCUT2D eigenvalue weighted by Gasteiger charge is 2.24. The summed E-state index contributed by atoms with van der Waals surface area (Å²) in [6.07, 6.45) is 7.02. The number of imidazole rings is 1. The van der Waals surface area contributed by atoms with E-state index in [2.05, 4.69) is 19.0 Å². The van der Waals surface area contributed by atoms with E-state index in [4.69, 9.17) is 0 Å². The van der Waals surface area contributed by atoms with Crippen LogP contribution >= 0.6 is 11.5 Å². The minimum atomic E-state index is -3.90. The average Bonchev–Trinajstić information content (AvgIpc) is 3.30. The molecule has 0 aliphatic rings. The number of hydrogen-bond donors (Lipinski definition) is 1. The lowest BCUT2D eigenvalue weighted by molar-refractivity contribution is -0.387. The molecule has 29 heavy (non-hydrogen) atoms. The van der Waals surface area contributed by atoms with Gasteiger partial charge in [0.25, 0.3) is 5.69 Å². The van der Waals surface area contributed by atoms with Crippen LogP contribution < -0.4 is 9.62 Å². The lowest BCUT2D eigenvalue weighted by Crippen LogP contribution is -2.25. The molecule has 0 unspecified atom stereocenters. The fourth-order valence-corrected chi connectivity index (χ4v) is 4.91. The molecule has 12 heteroatoms. The Bertz CT molecular complexity index is 1080. The van der Waals surface area contributed by atoms with Gasteiger partial charge in [-0.3, -0.25) is 14.5 Å². The molecule has 3 aromatic rings. The zero-order valence-electron chi connectivity index (χ0n) is 15.9. The van der Waals surface area contributed by atoms with E-state index < -0.39 is 20.6 Å². The van der Waals surface area contributed by atoms with Crippen molar-refractivity contribution in [2.24, 2.45) is 0 Å². The molecule has 0 spiro atoms. The number of para-hydroxylation sites is 1. The largest absolute Gasteiger partial charge is 0.344 e. The Labute approximate surface area is 172 Å². The predicted octanol–water partition coefficient (Wildman–Crippen LogP) is 2.67. The van der Waals surface area contributed by atoms with Crippen molar-refractivity contribution in [3.63, 3.8) is 0 Å². The molecule has 2 heterocycles. The number of unbranched alkanes of at least 4 members (excludes halogenated alkanes) is 3. The topological polar surface area (TPSA) is 123 Å². The first-order valence-electron chi connectivity index (χ1n) is 9.13. The molecule has 0 atom stereocenters. The Morgan fingerprint density at radius 3 is 2.79 bits per heavy atom. The molecule has 1 aromatic carbocycles. The maximum atomic E-state index is 12.3. The third-order valence-electron chi connectivity index (χ3n) is 4.44. The molecule has 156 valence electrons. The van der Waals surface area contributed by atoms with Gasteiger partial charge in [0, 0.05) is 50.1 Å². The number of benzene rings is 1. The molecule has 0 aliphatic carbocycles. The molecule has 0 bridgehead atoms. The number of nitro groups is 1. The van der Waals surface area contributed by atoms with Crippen LogP contribution in [-0.4, -0.2) is 47.2 Å². The van der Waals surface area contributed by atoms with Crippen LogP contribution in [0.2, 0.25) is 0 Å². The number of nitrogens with one attached hydrogen (secondary N) is 1. The number of fused-ring (bicyclic) bond motifs is 1. The first-order chi connectivity index (χ1) is 13.9. The Morgan fingerprint density at radius 2 is 2.00 bits per heavy atom. The van der Waals surface area contributed by atoms with Crippen LogP contribution in [0.25, 0.3) is 4.96 Å². The summed E-state index contributed by atoms with van der Waals surface area (Å²) in [4.78, 5) is 17.2. The van der Waals surface area contributed by atoms with Crippen molar-refractivity contribution in [3.05, 3.63) is 46.8 Å². The molecule has 0 fully saturated rings. The van der Waals surface area contributed by atoms with Gasteiger partial charge in [0.05, 0.1) is 4.92 Å². The van der Waals surface area contributed by atoms with Crippen LogP contribution in [0.5, 0.6) is 0 Å². The van der Waals surface area contributed by atoms with Crippen LogP contribution in [0.3, 0.4) is 0 Å².